The highest BCUT2D eigenvalue weighted by atomic mass is 32.2. The number of carbonyl (C=O) groups excluding carboxylic acids is 2. The molecule has 3 fully saturated rings. The Morgan fingerprint density at radius 2 is 1.76 bits per heavy atom. The van der Waals surface area contributed by atoms with Crippen molar-refractivity contribution in [1.29, 1.82) is 0 Å². The van der Waals surface area contributed by atoms with Crippen LogP contribution in [0, 0.1) is 18.8 Å². The van der Waals surface area contributed by atoms with E-state index in [4.69, 9.17) is 4.99 Å². The zero-order valence-electron chi connectivity index (χ0n) is 25.7. The summed E-state index contributed by atoms with van der Waals surface area (Å²) in [7, 11) is -3.61. The van der Waals surface area contributed by atoms with Crippen LogP contribution in [0.4, 0.5) is 13.2 Å². The molecule has 45 heavy (non-hydrogen) atoms. The highest BCUT2D eigenvalue weighted by molar-refractivity contribution is 7.89. The van der Waals surface area contributed by atoms with Crippen molar-refractivity contribution in [2.45, 2.75) is 82.3 Å². The second kappa shape index (κ2) is 13.5. The molecule has 1 aromatic rings. The van der Waals surface area contributed by atoms with Crippen LogP contribution in [0.5, 0.6) is 0 Å². The number of sulfonamides is 1. The molecule has 2 amide bonds. The summed E-state index contributed by atoms with van der Waals surface area (Å²) >= 11 is 0. The van der Waals surface area contributed by atoms with Crippen LogP contribution in [-0.4, -0.2) is 90.1 Å². The number of amidine groups is 1. The number of hydrogen-bond acceptors (Lipinski definition) is 6. The third-order valence-electron chi connectivity index (χ3n) is 10.2. The summed E-state index contributed by atoms with van der Waals surface area (Å²) in [5.41, 5.74) is -0.235. The van der Waals surface area contributed by atoms with Crippen molar-refractivity contribution < 1.29 is 36.3 Å². The monoisotopic (exact) mass is 652 g/mol. The maximum absolute atomic E-state index is 13.3. The molecule has 3 heterocycles. The number of likely N-dealkylation sites (tertiary alicyclic amines) is 1. The second-order valence-corrected chi connectivity index (χ2v) is 15.3. The van der Waals surface area contributed by atoms with Gasteiger partial charge in [-0.2, -0.15) is 8.78 Å². The van der Waals surface area contributed by atoms with Crippen LogP contribution in [0.3, 0.4) is 0 Å². The Labute approximate surface area is 263 Å². The number of halogens is 3. The summed E-state index contributed by atoms with van der Waals surface area (Å²) in [5, 5.41) is 13.1. The topological polar surface area (TPSA) is 119 Å². The molecule has 9 nitrogen and oxygen atoms in total. The number of alkyl halides is 1. The van der Waals surface area contributed by atoms with Crippen LogP contribution in [0.1, 0.15) is 79.3 Å². The maximum Gasteiger partial charge on any atom is 0.266 e. The normalized spacial score (nSPS) is 25.1. The van der Waals surface area contributed by atoms with Crippen molar-refractivity contribution >= 4 is 27.7 Å². The van der Waals surface area contributed by atoms with Gasteiger partial charge in [0.1, 0.15) is 18.0 Å². The highest BCUT2D eigenvalue weighted by Crippen LogP contribution is 2.37. The Hall–Kier alpha value is -2.77. The van der Waals surface area contributed by atoms with Gasteiger partial charge < -0.3 is 15.3 Å². The third-order valence-corrected chi connectivity index (χ3v) is 12.1. The zero-order valence-corrected chi connectivity index (χ0v) is 26.6. The summed E-state index contributed by atoms with van der Waals surface area (Å²) in [6.45, 7) is 1.94. The molecule has 13 heteroatoms. The number of rotatable bonds is 9. The Morgan fingerprint density at radius 1 is 1.09 bits per heavy atom. The Bertz CT molecular complexity index is 1440. The van der Waals surface area contributed by atoms with E-state index in [0.717, 1.165) is 42.9 Å². The van der Waals surface area contributed by atoms with Gasteiger partial charge in [-0.05, 0) is 106 Å². The number of allylic oxidation sites excluding steroid dienone is 1. The van der Waals surface area contributed by atoms with Crippen LogP contribution in [0.15, 0.2) is 35.3 Å². The van der Waals surface area contributed by atoms with Gasteiger partial charge >= 0.3 is 0 Å². The average Bonchev–Trinajstić information content (AvgIpc) is 3.34. The molecule has 1 saturated carbocycles. The first kappa shape index (κ1) is 33.6. The van der Waals surface area contributed by atoms with Crippen LogP contribution in [-0.2, 0) is 21.2 Å². The quantitative estimate of drug-likeness (QED) is 0.416. The predicted octanol–water partition coefficient (Wildman–Crippen LogP) is 4.14. The highest BCUT2D eigenvalue weighted by Gasteiger charge is 2.48. The van der Waals surface area contributed by atoms with Crippen molar-refractivity contribution in [1.82, 2.24) is 14.5 Å². The minimum atomic E-state index is -3.61. The standard InChI is InChI=1S/C32H43F3N4O5S/c1-22-20-26(29(40)38-15-11-31(42,21-33)12-16-38)8-7-24(22)10-19-45(43,44)39-17-13-32(14-18-39)30(41)36-28(37-32)25-5-2-23(3-6-25)4-9-27(34)35/h7-9,20,23,25,42H,2-6,10-19,21H2,1H3,(H,36,37,41). The Kier molecular flexibility index (Phi) is 10.1. The molecule has 248 valence electrons. The van der Waals surface area contributed by atoms with Gasteiger partial charge in [-0.25, -0.2) is 17.1 Å². The van der Waals surface area contributed by atoms with E-state index in [1.54, 1.807) is 23.1 Å². The van der Waals surface area contributed by atoms with E-state index in [9.17, 15) is 36.3 Å². The lowest BCUT2D eigenvalue weighted by atomic mass is 9.80. The van der Waals surface area contributed by atoms with Gasteiger partial charge in [0.15, 0.2) is 0 Å². The Morgan fingerprint density at radius 3 is 2.36 bits per heavy atom. The van der Waals surface area contributed by atoms with Crippen molar-refractivity contribution in [2.75, 3.05) is 38.6 Å². The number of amides is 2. The van der Waals surface area contributed by atoms with E-state index < -0.39 is 33.9 Å². The fourth-order valence-corrected chi connectivity index (χ4v) is 8.53. The number of hydrogen-bond donors (Lipinski definition) is 2. The molecule has 0 radical (unpaired) electrons. The molecule has 4 aliphatic rings. The van der Waals surface area contributed by atoms with E-state index in [1.807, 2.05) is 6.92 Å². The van der Waals surface area contributed by atoms with Crippen molar-refractivity contribution in [3.8, 4) is 0 Å². The lowest BCUT2D eigenvalue weighted by Gasteiger charge is -2.36. The fourth-order valence-electron chi connectivity index (χ4n) is 7.06. The van der Waals surface area contributed by atoms with Gasteiger partial charge in [-0.1, -0.05) is 6.07 Å². The molecule has 5 rings (SSSR count). The molecule has 3 aliphatic heterocycles. The number of aliphatic imine (C=N–C) groups is 1. The molecule has 0 atom stereocenters. The minimum absolute atomic E-state index is 0.0803. The Balaban J connectivity index is 1.12. The van der Waals surface area contributed by atoms with Crippen molar-refractivity contribution in [3.05, 3.63) is 47.0 Å². The number of piperidine rings is 2. The average molecular weight is 653 g/mol. The third kappa shape index (κ3) is 7.62. The van der Waals surface area contributed by atoms with Crippen molar-refractivity contribution in [2.24, 2.45) is 16.8 Å². The summed E-state index contributed by atoms with van der Waals surface area (Å²) in [4.78, 5) is 32.4. The summed E-state index contributed by atoms with van der Waals surface area (Å²) in [6, 6.07) is 5.19. The lowest BCUT2D eigenvalue weighted by molar-refractivity contribution is -0.125. The van der Waals surface area contributed by atoms with E-state index in [1.165, 1.54) is 4.31 Å². The SMILES string of the molecule is Cc1cc(C(=O)N2CCC(O)(CF)CC2)ccc1CCS(=O)(=O)N1CCC2(CC1)N=C(C1CCC(CC=C(F)F)CC1)NC2=O. The molecule has 0 bridgehead atoms. The van der Waals surface area contributed by atoms with Crippen molar-refractivity contribution in [3.63, 3.8) is 0 Å². The predicted molar refractivity (Wildman–Crippen MR) is 164 cm³/mol. The first-order chi connectivity index (χ1) is 21.3. The van der Waals surface area contributed by atoms with Gasteiger partial charge in [-0.3, -0.25) is 14.6 Å². The van der Waals surface area contributed by atoms with Gasteiger partial charge in [0.25, 0.3) is 17.9 Å². The maximum atomic E-state index is 13.3. The van der Waals surface area contributed by atoms with E-state index >= 15 is 0 Å². The lowest BCUT2D eigenvalue weighted by Crippen LogP contribution is -2.51. The minimum Gasteiger partial charge on any atom is -0.387 e. The molecule has 1 aliphatic carbocycles. The molecular formula is C32H43F3N4O5S. The number of carbonyl (C=O) groups is 2. The second-order valence-electron chi connectivity index (χ2n) is 13.2. The summed E-state index contributed by atoms with van der Waals surface area (Å²) in [5.74, 6) is 0.454. The van der Waals surface area contributed by atoms with E-state index in [2.05, 4.69) is 5.32 Å². The number of benzene rings is 1. The molecule has 2 saturated heterocycles. The van der Waals surface area contributed by atoms with E-state index in [0.29, 0.717) is 30.7 Å². The van der Waals surface area contributed by atoms with Gasteiger partial charge in [-0.15, -0.1) is 0 Å². The number of nitrogens with one attached hydrogen (secondary N) is 1. The number of nitrogens with zero attached hydrogens (tertiary/aromatic N) is 3. The number of aryl methyl sites for hydroxylation is 2. The molecule has 1 spiro atoms. The largest absolute Gasteiger partial charge is 0.387 e. The van der Waals surface area contributed by atoms with Gasteiger partial charge in [0.05, 0.1) is 11.4 Å². The van der Waals surface area contributed by atoms with E-state index in [-0.39, 0.29) is 74.8 Å². The van der Waals surface area contributed by atoms with Crippen LogP contribution < -0.4 is 5.32 Å². The molecule has 2 N–H and O–H groups in total. The molecular weight excluding hydrogens is 609 g/mol. The molecule has 0 unspecified atom stereocenters. The zero-order chi connectivity index (χ0) is 32.4. The van der Waals surface area contributed by atoms with Crippen LogP contribution in [0.2, 0.25) is 0 Å². The van der Waals surface area contributed by atoms with Gasteiger partial charge in [0, 0.05) is 37.7 Å². The van der Waals surface area contributed by atoms with Gasteiger partial charge in [0.2, 0.25) is 10.0 Å². The smallest absolute Gasteiger partial charge is 0.266 e. The summed E-state index contributed by atoms with van der Waals surface area (Å²) < 4.78 is 65.9. The molecule has 1 aromatic carbocycles. The molecule has 0 aromatic heterocycles. The van der Waals surface area contributed by atoms with Crippen LogP contribution in [0.25, 0.3) is 0 Å². The number of aliphatic hydroxyl groups is 1. The first-order valence-corrected chi connectivity index (χ1v) is 17.5. The first-order valence-electron chi connectivity index (χ1n) is 15.9. The van der Waals surface area contributed by atoms with Crippen LogP contribution >= 0.6 is 0 Å². The fraction of sp³-hybridized carbons (Fsp3) is 0.656. The summed E-state index contributed by atoms with van der Waals surface area (Å²) in [6.07, 6.45) is 4.09.